The van der Waals surface area contributed by atoms with E-state index in [1.54, 1.807) is 18.2 Å². The van der Waals surface area contributed by atoms with Crippen LogP contribution in [0.15, 0.2) is 53.7 Å². The number of nitrogens with two attached hydrogens (primary N) is 1. The number of carbonyl (C=O) groups excluding carboxylic acids is 1. The van der Waals surface area contributed by atoms with Crippen LogP contribution in [-0.4, -0.2) is 39.9 Å². The summed E-state index contributed by atoms with van der Waals surface area (Å²) in [6.45, 7) is 0.237. The van der Waals surface area contributed by atoms with Crippen molar-refractivity contribution in [2.75, 3.05) is 7.11 Å². The van der Waals surface area contributed by atoms with Crippen LogP contribution in [0.3, 0.4) is 0 Å². The van der Waals surface area contributed by atoms with Gasteiger partial charge in [-0.15, -0.1) is 0 Å². The van der Waals surface area contributed by atoms with E-state index in [-0.39, 0.29) is 29.9 Å². The molecule has 0 saturated heterocycles. The molecule has 2 aromatic carbocycles. The lowest BCUT2D eigenvalue weighted by atomic mass is 9.61. The van der Waals surface area contributed by atoms with Crippen LogP contribution in [0.4, 0.5) is 0 Å². The smallest absolute Gasteiger partial charge is 0.262 e. The highest BCUT2D eigenvalue weighted by Gasteiger charge is 2.66. The Morgan fingerprint density at radius 2 is 1.89 bits per heavy atom. The summed E-state index contributed by atoms with van der Waals surface area (Å²) in [5, 5.41) is 0. The van der Waals surface area contributed by atoms with Gasteiger partial charge in [-0.25, -0.2) is 9.98 Å². The van der Waals surface area contributed by atoms with Crippen molar-refractivity contribution in [3.63, 3.8) is 0 Å². The van der Waals surface area contributed by atoms with E-state index in [4.69, 9.17) is 20.4 Å². The number of carbonyl (C=O) groups is 1. The fourth-order valence-electron chi connectivity index (χ4n) is 6.74. The third-order valence-corrected chi connectivity index (χ3v) is 8.95. The number of aromatic nitrogens is 2. The standard InChI is InChI=1S/C31H31N5O2/c1-38-24-12-14-30(15-13-24)17-22-11-10-21(9-8-20-6-7-20)16-25(22)31(30)28(37)36(29(32)35-31)19-23-18-33-26-4-2-3-5-27(26)34-23/h2-5,10-11,16,18,20,24H,6-7,12-15,17,19H2,1H3,(H2,32,35). The Morgan fingerprint density at radius 1 is 1.11 bits per heavy atom. The molecule has 2 saturated carbocycles. The average molecular weight is 506 g/mol. The van der Waals surface area contributed by atoms with Crippen LogP contribution in [0.2, 0.25) is 0 Å². The summed E-state index contributed by atoms with van der Waals surface area (Å²) in [6.07, 6.45) is 8.62. The van der Waals surface area contributed by atoms with Gasteiger partial charge in [-0.3, -0.25) is 14.7 Å². The van der Waals surface area contributed by atoms with Crippen molar-refractivity contribution in [2.24, 2.45) is 22.1 Å². The summed E-state index contributed by atoms with van der Waals surface area (Å²) in [6, 6.07) is 14.1. The maximum atomic E-state index is 14.6. The molecule has 0 radical (unpaired) electrons. The normalized spacial score (nSPS) is 28.0. The molecule has 1 atom stereocenters. The topological polar surface area (TPSA) is 93.7 Å². The van der Waals surface area contributed by atoms with Gasteiger partial charge in [0.05, 0.1) is 35.6 Å². The monoisotopic (exact) mass is 505 g/mol. The zero-order valence-electron chi connectivity index (χ0n) is 21.6. The molecule has 4 aliphatic rings. The second kappa shape index (κ2) is 8.64. The molecule has 3 aromatic rings. The molecule has 0 bridgehead atoms. The predicted molar refractivity (Wildman–Crippen MR) is 145 cm³/mol. The number of benzene rings is 2. The van der Waals surface area contributed by atoms with Crippen molar-refractivity contribution in [2.45, 2.75) is 63.1 Å². The largest absolute Gasteiger partial charge is 0.381 e. The summed E-state index contributed by atoms with van der Waals surface area (Å²) in [5.74, 6) is 7.41. The molecule has 7 heteroatoms. The van der Waals surface area contributed by atoms with E-state index in [1.165, 1.54) is 18.4 Å². The molecule has 2 heterocycles. The minimum absolute atomic E-state index is 0.0631. The highest BCUT2D eigenvalue weighted by Crippen LogP contribution is 2.62. The Kier molecular flexibility index (Phi) is 5.31. The Bertz CT molecular complexity index is 1540. The van der Waals surface area contributed by atoms with Crippen LogP contribution in [0.1, 0.15) is 60.9 Å². The van der Waals surface area contributed by atoms with Gasteiger partial charge in [0.15, 0.2) is 11.5 Å². The van der Waals surface area contributed by atoms with E-state index < -0.39 is 5.54 Å². The number of hydrogen-bond donors (Lipinski definition) is 1. The number of methoxy groups -OCH3 is 1. The van der Waals surface area contributed by atoms with Crippen molar-refractivity contribution < 1.29 is 9.53 Å². The molecule has 2 spiro atoms. The van der Waals surface area contributed by atoms with Gasteiger partial charge < -0.3 is 10.5 Å². The maximum Gasteiger partial charge on any atom is 0.262 e. The maximum absolute atomic E-state index is 14.6. The fourth-order valence-corrected chi connectivity index (χ4v) is 6.74. The Labute approximate surface area is 222 Å². The Balaban J connectivity index is 1.30. The zero-order valence-corrected chi connectivity index (χ0v) is 21.6. The molecular weight excluding hydrogens is 474 g/mol. The molecule has 7 nitrogen and oxygen atoms in total. The van der Waals surface area contributed by atoms with Gasteiger partial charge >= 0.3 is 0 Å². The van der Waals surface area contributed by atoms with Crippen LogP contribution in [0.25, 0.3) is 11.0 Å². The van der Waals surface area contributed by atoms with E-state index in [1.807, 2.05) is 24.3 Å². The first-order chi connectivity index (χ1) is 18.5. The van der Waals surface area contributed by atoms with Crippen molar-refractivity contribution in [1.29, 1.82) is 0 Å². The van der Waals surface area contributed by atoms with Gasteiger partial charge in [0.25, 0.3) is 5.91 Å². The SMILES string of the molecule is COC1CCC2(CC1)Cc1ccc(C#CC3CC3)cc1C21N=C(N)N(Cc2cnc3ccccc3n2)C1=O. The highest BCUT2D eigenvalue weighted by atomic mass is 16.5. The van der Waals surface area contributed by atoms with Gasteiger partial charge in [-0.2, -0.15) is 0 Å². The van der Waals surface area contributed by atoms with E-state index in [2.05, 4.69) is 35.0 Å². The number of amides is 1. The molecule has 1 amide bonds. The molecular formula is C31H31N5O2. The molecule has 38 heavy (non-hydrogen) atoms. The van der Waals surface area contributed by atoms with E-state index in [0.29, 0.717) is 11.6 Å². The van der Waals surface area contributed by atoms with Gasteiger partial charge in [0, 0.05) is 24.0 Å². The van der Waals surface area contributed by atoms with Gasteiger partial charge in [-0.1, -0.05) is 30.0 Å². The lowest BCUT2D eigenvalue weighted by Gasteiger charge is -2.45. The van der Waals surface area contributed by atoms with Crippen LogP contribution in [0.5, 0.6) is 0 Å². The van der Waals surface area contributed by atoms with Gasteiger partial charge in [0.1, 0.15) is 0 Å². The molecule has 1 unspecified atom stereocenters. The van der Waals surface area contributed by atoms with E-state index in [9.17, 15) is 4.79 Å². The average Bonchev–Trinajstić information content (AvgIpc) is 3.70. The Morgan fingerprint density at radius 3 is 2.66 bits per heavy atom. The number of para-hydroxylation sites is 2. The molecule has 7 rings (SSSR count). The van der Waals surface area contributed by atoms with Crippen LogP contribution < -0.4 is 5.73 Å². The van der Waals surface area contributed by atoms with E-state index in [0.717, 1.165) is 54.3 Å². The number of nitrogens with zero attached hydrogens (tertiary/aromatic N) is 4. The highest BCUT2D eigenvalue weighted by molar-refractivity contribution is 6.08. The Hall–Kier alpha value is -3.76. The van der Waals surface area contributed by atoms with Crippen LogP contribution in [-0.2, 0) is 28.0 Å². The zero-order chi connectivity index (χ0) is 25.9. The predicted octanol–water partition coefficient (Wildman–Crippen LogP) is 4.08. The third kappa shape index (κ3) is 3.54. The van der Waals surface area contributed by atoms with Crippen molar-refractivity contribution in [3.8, 4) is 11.8 Å². The number of fused-ring (bicyclic) bond motifs is 4. The lowest BCUT2D eigenvalue weighted by molar-refractivity contribution is -0.138. The number of ether oxygens (including phenoxy) is 1. The van der Waals surface area contributed by atoms with Gasteiger partial charge in [0.2, 0.25) is 0 Å². The van der Waals surface area contributed by atoms with Crippen molar-refractivity contribution in [1.82, 2.24) is 14.9 Å². The fraction of sp³-hybridized carbons (Fsp3) is 0.419. The summed E-state index contributed by atoms with van der Waals surface area (Å²) >= 11 is 0. The molecule has 1 aromatic heterocycles. The quantitative estimate of drug-likeness (QED) is 0.542. The number of hydrogen-bond acceptors (Lipinski definition) is 6. The second-order valence-electron chi connectivity index (χ2n) is 11.2. The lowest BCUT2D eigenvalue weighted by Crippen LogP contribution is -2.52. The summed E-state index contributed by atoms with van der Waals surface area (Å²) in [7, 11) is 1.77. The second-order valence-corrected chi connectivity index (χ2v) is 11.2. The molecule has 1 aliphatic heterocycles. The summed E-state index contributed by atoms with van der Waals surface area (Å²) < 4.78 is 5.70. The van der Waals surface area contributed by atoms with Crippen molar-refractivity contribution in [3.05, 3.63) is 71.0 Å². The number of aliphatic imine (C=N–C) groups is 1. The first-order valence-corrected chi connectivity index (χ1v) is 13.6. The van der Waals surface area contributed by atoms with Crippen molar-refractivity contribution >= 4 is 22.9 Å². The van der Waals surface area contributed by atoms with Gasteiger partial charge in [-0.05, 0) is 80.3 Å². The minimum atomic E-state index is -1.05. The van der Waals surface area contributed by atoms with E-state index >= 15 is 0 Å². The van der Waals surface area contributed by atoms with Crippen LogP contribution >= 0.6 is 0 Å². The summed E-state index contributed by atoms with van der Waals surface area (Å²) in [4.78, 5) is 30.6. The molecule has 192 valence electrons. The van der Waals surface area contributed by atoms with Crippen LogP contribution in [0, 0.1) is 23.2 Å². The molecule has 2 fully saturated rings. The third-order valence-electron chi connectivity index (χ3n) is 8.95. The number of rotatable bonds is 3. The first kappa shape index (κ1) is 23.4. The molecule has 2 N–H and O–H groups in total. The number of guanidine groups is 1. The first-order valence-electron chi connectivity index (χ1n) is 13.6. The minimum Gasteiger partial charge on any atom is -0.381 e. The summed E-state index contributed by atoms with van der Waals surface area (Å²) in [5.41, 5.74) is 10.6. The molecule has 3 aliphatic carbocycles.